The second-order valence-corrected chi connectivity index (χ2v) is 6.67. The SMILES string of the molecule is O=C(Cc1ccccc1)OC(Nc1c(Cl)cccc1Cl)C(=O)OCCCO[N+](=O)[O-]. The Morgan fingerprint density at radius 2 is 1.70 bits per heavy atom. The molecule has 0 saturated heterocycles. The third kappa shape index (κ3) is 7.76. The van der Waals surface area contributed by atoms with Crippen molar-refractivity contribution >= 4 is 40.8 Å². The van der Waals surface area contributed by atoms with Gasteiger partial charge in [0.25, 0.3) is 11.3 Å². The maximum Gasteiger partial charge on any atom is 0.369 e. The Morgan fingerprint density at radius 1 is 1.03 bits per heavy atom. The van der Waals surface area contributed by atoms with E-state index >= 15 is 0 Å². The predicted molar refractivity (Wildman–Crippen MR) is 109 cm³/mol. The average molecular weight is 457 g/mol. The Kier molecular flexibility index (Phi) is 9.17. The maximum absolute atomic E-state index is 12.4. The zero-order valence-electron chi connectivity index (χ0n) is 15.6. The van der Waals surface area contributed by atoms with E-state index in [1.54, 1.807) is 48.5 Å². The average Bonchev–Trinajstić information content (AvgIpc) is 2.70. The van der Waals surface area contributed by atoms with Crippen LogP contribution in [-0.2, 0) is 30.3 Å². The second-order valence-electron chi connectivity index (χ2n) is 5.85. The number of halogens is 2. The lowest BCUT2D eigenvalue weighted by Gasteiger charge is -2.20. The first-order valence-corrected chi connectivity index (χ1v) is 9.50. The molecule has 2 rings (SSSR count). The molecule has 1 atom stereocenters. The molecule has 2 aromatic carbocycles. The Balaban J connectivity index is 2.04. The van der Waals surface area contributed by atoms with E-state index in [1.807, 2.05) is 0 Å². The molecule has 0 radical (unpaired) electrons. The zero-order valence-corrected chi connectivity index (χ0v) is 17.1. The summed E-state index contributed by atoms with van der Waals surface area (Å²) in [5, 5.41) is 12.3. The van der Waals surface area contributed by atoms with Crippen LogP contribution in [0.5, 0.6) is 0 Å². The molecule has 0 bridgehead atoms. The molecular formula is C19H18Cl2N2O7. The summed E-state index contributed by atoms with van der Waals surface area (Å²) in [7, 11) is 0. The highest BCUT2D eigenvalue weighted by molar-refractivity contribution is 6.39. The van der Waals surface area contributed by atoms with E-state index in [4.69, 9.17) is 32.7 Å². The van der Waals surface area contributed by atoms with Crippen LogP contribution in [0.3, 0.4) is 0 Å². The Bertz CT molecular complexity index is 860. The van der Waals surface area contributed by atoms with Gasteiger partial charge < -0.3 is 19.6 Å². The molecule has 0 aliphatic carbocycles. The van der Waals surface area contributed by atoms with E-state index in [-0.39, 0.29) is 41.8 Å². The Morgan fingerprint density at radius 3 is 2.33 bits per heavy atom. The van der Waals surface area contributed by atoms with E-state index in [9.17, 15) is 19.7 Å². The fraction of sp³-hybridized carbons (Fsp3) is 0.263. The molecule has 0 spiro atoms. The normalized spacial score (nSPS) is 11.3. The van der Waals surface area contributed by atoms with Crippen LogP contribution in [0.25, 0.3) is 0 Å². The third-order valence-corrected chi connectivity index (χ3v) is 4.25. The van der Waals surface area contributed by atoms with Gasteiger partial charge in [0.2, 0.25) is 0 Å². The van der Waals surface area contributed by atoms with Gasteiger partial charge in [-0.05, 0) is 17.7 Å². The van der Waals surface area contributed by atoms with Crippen LogP contribution in [0.4, 0.5) is 5.69 Å². The highest BCUT2D eigenvalue weighted by Crippen LogP contribution is 2.30. The molecule has 1 unspecified atom stereocenters. The topological polar surface area (TPSA) is 117 Å². The molecule has 0 heterocycles. The first-order valence-electron chi connectivity index (χ1n) is 8.74. The lowest BCUT2D eigenvalue weighted by atomic mass is 10.2. The van der Waals surface area contributed by atoms with E-state index in [1.165, 1.54) is 0 Å². The lowest BCUT2D eigenvalue weighted by molar-refractivity contribution is -0.757. The van der Waals surface area contributed by atoms with Gasteiger partial charge in [-0.25, -0.2) is 4.79 Å². The van der Waals surface area contributed by atoms with Crippen LogP contribution < -0.4 is 5.32 Å². The quantitative estimate of drug-likeness (QED) is 0.179. The van der Waals surface area contributed by atoms with Crippen molar-refractivity contribution in [2.75, 3.05) is 18.5 Å². The number of benzene rings is 2. The molecule has 9 nitrogen and oxygen atoms in total. The first-order chi connectivity index (χ1) is 14.4. The van der Waals surface area contributed by atoms with Gasteiger partial charge in [0, 0.05) is 6.42 Å². The number of para-hydroxylation sites is 1. The monoisotopic (exact) mass is 456 g/mol. The summed E-state index contributed by atoms with van der Waals surface area (Å²) in [6.07, 6.45) is -1.53. The minimum atomic E-state index is -1.53. The number of rotatable bonds is 11. The molecule has 2 aromatic rings. The smallest absolute Gasteiger partial charge is 0.369 e. The van der Waals surface area contributed by atoms with Crippen molar-refractivity contribution in [3.05, 3.63) is 74.3 Å². The third-order valence-electron chi connectivity index (χ3n) is 3.62. The summed E-state index contributed by atoms with van der Waals surface area (Å²) < 4.78 is 10.3. The van der Waals surface area contributed by atoms with Crippen molar-refractivity contribution in [3.8, 4) is 0 Å². The number of hydrogen-bond donors (Lipinski definition) is 1. The zero-order chi connectivity index (χ0) is 21.9. The molecule has 0 amide bonds. The maximum atomic E-state index is 12.4. The van der Waals surface area contributed by atoms with Crippen molar-refractivity contribution in [2.45, 2.75) is 19.1 Å². The van der Waals surface area contributed by atoms with Crippen LogP contribution in [0.15, 0.2) is 48.5 Å². The van der Waals surface area contributed by atoms with Gasteiger partial charge in [0.05, 0.1) is 35.4 Å². The molecule has 160 valence electrons. The minimum Gasteiger partial charge on any atom is -0.461 e. The molecule has 0 saturated carbocycles. The summed E-state index contributed by atoms with van der Waals surface area (Å²) in [6, 6.07) is 13.5. The molecular weight excluding hydrogens is 439 g/mol. The molecule has 0 aromatic heterocycles. The lowest BCUT2D eigenvalue weighted by Crippen LogP contribution is -2.37. The van der Waals surface area contributed by atoms with Crippen LogP contribution in [0, 0.1) is 10.1 Å². The summed E-state index contributed by atoms with van der Waals surface area (Å²) >= 11 is 12.2. The number of nitrogens with zero attached hydrogens (tertiary/aromatic N) is 1. The van der Waals surface area contributed by atoms with Crippen molar-refractivity contribution in [1.29, 1.82) is 0 Å². The van der Waals surface area contributed by atoms with Crippen LogP contribution in [-0.4, -0.2) is 36.5 Å². The van der Waals surface area contributed by atoms with Gasteiger partial charge >= 0.3 is 11.9 Å². The van der Waals surface area contributed by atoms with Gasteiger partial charge in [0.1, 0.15) is 0 Å². The summed E-state index contributed by atoms with van der Waals surface area (Å²) in [5.41, 5.74) is 0.884. The summed E-state index contributed by atoms with van der Waals surface area (Å²) in [4.78, 5) is 39.0. The van der Waals surface area contributed by atoms with Gasteiger partial charge in [-0.15, -0.1) is 10.1 Å². The van der Waals surface area contributed by atoms with Crippen LogP contribution in [0.2, 0.25) is 10.0 Å². The molecule has 11 heteroatoms. The highest BCUT2D eigenvalue weighted by atomic mass is 35.5. The number of esters is 2. The van der Waals surface area contributed by atoms with Gasteiger partial charge in [0.15, 0.2) is 0 Å². The van der Waals surface area contributed by atoms with E-state index in [0.717, 1.165) is 0 Å². The number of carbonyl (C=O) groups excluding carboxylic acids is 2. The molecule has 0 aliphatic heterocycles. The minimum absolute atomic E-state index is 0.0702. The highest BCUT2D eigenvalue weighted by Gasteiger charge is 2.26. The second kappa shape index (κ2) is 11.8. The summed E-state index contributed by atoms with van der Waals surface area (Å²) in [5.74, 6) is -1.61. The first kappa shape index (κ1) is 23.2. The summed E-state index contributed by atoms with van der Waals surface area (Å²) in [6.45, 7) is -0.431. The van der Waals surface area contributed by atoms with Gasteiger partial charge in [-0.2, -0.15) is 0 Å². The fourth-order valence-electron chi connectivity index (χ4n) is 2.29. The molecule has 30 heavy (non-hydrogen) atoms. The number of carbonyl (C=O) groups is 2. The van der Waals surface area contributed by atoms with Crippen molar-refractivity contribution in [3.63, 3.8) is 0 Å². The predicted octanol–water partition coefficient (Wildman–Crippen LogP) is 3.66. The number of anilines is 1. The van der Waals surface area contributed by atoms with Crippen molar-refractivity contribution in [1.82, 2.24) is 0 Å². The molecule has 1 N–H and O–H groups in total. The molecule has 0 aliphatic rings. The van der Waals surface area contributed by atoms with E-state index < -0.39 is 23.3 Å². The Labute approximate surface area is 181 Å². The molecule has 0 fully saturated rings. The van der Waals surface area contributed by atoms with E-state index in [0.29, 0.717) is 5.56 Å². The van der Waals surface area contributed by atoms with Gasteiger partial charge in [-0.3, -0.25) is 4.79 Å². The fourth-order valence-corrected chi connectivity index (χ4v) is 2.79. The van der Waals surface area contributed by atoms with Crippen LogP contribution >= 0.6 is 23.2 Å². The van der Waals surface area contributed by atoms with Gasteiger partial charge in [-0.1, -0.05) is 59.6 Å². The largest absolute Gasteiger partial charge is 0.461 e. The van der Waals surface area contributed by atoms with E-state index in [2.05, 4.69) is 10.2 Å². The Hall–Kier alpha value is -3.04. The number of hydrogen-bond acceptors (Lipinski definition) is 8. The van der Waals surface area contributed by atoms with Crippen molar-refractivity contribution in [2.24, 2.45) is 0 Å². The standard InChI is InChI=1S/C19H18Cl2N2O7/c20-14-8-4-9-15(21)17(14)22-18(19(25)28-10-5-11-29-23(26)27)30-16(24)12-13-6-2-1-3-7-13/h1-4,6-9,18,22H,5,10-12H2. The number of nitrogens with one attached hydrogen (secondary N) is 1. The van der Waals surface area contributed by atoms with Crippen LogP contribution in [0.1, 0.15) is 12.0 Å². The number of ether oxygens (including phenoxy) is 2. The van der Waals surface area contributed by atoms with Crippen molar-refractivity contribution < 1.29 is 29.0 Å².